The van der Waals surface area contributed by atoms with Gasteiger partial charge in [-0.3, -0.25) is 4.79 Å². The summed E-state index contributed by atoms with van der Waals surface area (Å²) in [6.45, 7) is 2.08. The van der Waals surface area contributed by atoms with E-state index in [1.54, 1.807) is 11.3 Å². The van der Waals surface area contributed by atoms with Gasteiger partial charge in [0.2, 0.25) is 0 Å². The molecule has 2 bridgehead atoms. The van der Waals surface area contributed by atoms with Gasteiger partial charge in [0.05, 0.1) is 4.88 Å². The molecule has 1 aromatic heterocycles. The summed E-state index contributed by atoms with van der Waals surface area (Å²) in [5.74, 6) is 0.0784. The van der Waals surface area contributed by atoms with Gasteiger partial charge in [0.1, 0.15) is 0 Å². The van der Waals surface area contributed by atoms with Crippen LogP contribution < -0.4 is 10.6 Å². The second-order valence-corrected chi connectivity index (χ2v) is 7.40. The van der Waals surface area contributed by atoms with Gasteiger partial charge < -0.3 is 10.6 Å². The van der Waals surface area contributed by atoms with Crippen LogP contribution in [0.1, 0.15) is 34.5 Å². The van der Waals surface area contributed by atoms with Crippen molar-refractivity contribution in [3.63, 3.8) is 0 Å². The largest absolute Gasteiger partial charge is 0.347 e. The fourth-order valence-electron chi connectivity index (χ4n) is 3.69. The maximum Gasteiger partial charge on any atom is 0.261 e. The Kier molecular flexibility index (Phi) is 3.51. The smallest absolute Gasteiger partial charge is 0.261 e. The summed E-state index contributed by atoms with van der Waals surface area (Å²) in [6.07, 6.45) is 3.52. The molecular formula is C18H20N2OS. The highest BCUT2D eigenvalue weighted by Crippen LogP contribution is 2.33. The summed E-state index contributed by atoms with van der Waals surface area (Å²) < 4.78 is 0. The topological polar surface area (TPSA) is 41.1 Å². The van der Waals surface area contributed by atoms with Crippen LogP contribution in [0.2, 0.25) is 0 Å². The van der Waals surface area contributed by atoms with E-state index >= 15 is 0 Å². The van der Waals surface area contributed by atoms with E-state index in [1.165, 1.54) is 28.8 Å². The van der Waals surface area contributed by atoms with Crippen molar-refractivity contribution >= 4 is 17.2 Å². The molecule has 2 saturated heterocycles. The Morgan fingerprint density at radius 1 is 1.27 bits per heavy atom. The molecule has 2 N–H and O–H groups in total. The number of hydrogen-bond donors (Lipinski definition) is 2. The van der Waals surface area contributed by atoms with E-state index in [0.717, 1.165) is 11.3 Å². The molecule has 3 unspecified atom stereocenters. The first-order valence-corrected chi connectivity index (χ1v) is 8.75. The summed E-state index contributed by atoms with van der Waals surface area (Å²) in [7, 11) is 0. The fourth-order valence-corrected chi connectivity index (χ4v) is 4.77. The minimum absolute atomic E-state index is 0.0784. The summed E-state index contributed by atoms with van der Waals surface area (Å²) in [4.78, 5) is 14.6. The van der Waals surface area contributed by atoms with Crippen LogP contribution in [0.5, 0.6) is 0 Å². The second kappa shape index (κ2) is 5.52. The van der Waals surface area contributed by atoms with Crippen LogP contribution in [0.4, 0.5) is 0 Å². The van der Waals surface area contributed by atoms with E-state index in [-0.39, 0.29) is 5.91 Å². The molecule has 0 aliphatic carbocycles. The monoisotopic (exact) mass is 312 g/mol. The molecule has 3 atom stereocenters. The van der Waals surface area contributed by atoms with Gasteiger partial charge in [-0.1, -0.05) is 30.3 Å². The van der Waals surface area contributed by atoms with Crippen molar-refractivity contribution < 1.29 is 4.79 Å². The van der Waals surface area contributed by atoms with E-state index in [4.69, 9.17) is 0 Å². The normalized spacial score (nSPS) is 26.3. The van der Waals surface area contributed by atoms with Crippen molar-refractivity contribution in [1.82, 2.24) is 10.6 Å². The van der Waals surface area contributed by atoms with Crippen LogP contribution in [-0.4, -0.2) is 24.0 Å². The van der Waals surface area contributed by atoms with Crippen LogP contribution >= 0.6 is 11.3 Å². The molecule has 4 heteroatoms. The average molecular weight is 312 g/mol. The average Bonchev–Trinajstić information content (AvgIpc) is 3.23. The maximum atomic E-state index is 12.5. The summed E-state index contributed by atoms with van der Waals surface area (Å²) in [5, 5.41) is 6.79. The lowest BCUT2D eigenvalue weighted by atomic mass is 9.95. The predicted octanol–water partition coefficient (Wildman–Crippen LogP) is 3.35. The molecule has 0 radical (unpaired) electrons. The van der Waals surface area contributed by atoms with Gasteiger partial charge in [0.15, 0.2) is 0 Å². The SMILES string of the molecule is Cc1cc(C(=O)NC2CC3CCC2N3)sc1-c1ccccc1. The first-order chi connectivity index (χ1) is 10.7. The molecule has 3 heterocycles. The Labute approximate surface area is 134 Å². The number of aryl methyl sites for hydroxylation is 1. The Bertz CT molecular complexity index is 694. The Morgan fingerprint density at radius 3 is 2.77 bits per heavy atom. The molecule has 2 aliphatic heterocycles. The number of hydrogen-bond acceptors (Lipinski definition) is 3. The molecule has 3 nitrogen and oxygen atoms in total. The number of benzene rings is 1. The number of carbonyl (C=O) groups excluding carboxylic acids is 1. The molecule has 1 amide bonds. The first-order valence-electron chi connectivity index (χ1n) is 7.93. The van der Waals surface area contributed by atoms with Gasteiger partial charge in [0, 0.05) is 23.0 Å². The summed E-state index contributed by atoms with van der Waals surface area (Å²) >= 11 is 1.59. The van der Waals surface area contributed by atoms with E-state index < -0.39 is 0 Å². The van der Waals surface area contributed by atoms with Crippen LogP contribution in [-0.2, 0) is 0 Å². The summed E-state index contributed by atoms with van der Waals surface area (Å²) in [5.41, 5.74) is 2.36. The molecular weight excluding hydrogens is 292 g/mol. The standard InChI is InChI=1S/C18H20N2OS/c1-11-9-16(22-17(11)12-5-3-2-4-6-12)18(21)20-15-10-13-7-8-14(15)19-13/h2-6,9,13-15,19H,7-8,10H2,1H3,(H,20,21). The highest BCUT2D eigenvalue weighted by molar-refractivity contribution is 7.17. The molecule has 2 aromatic rings. The van der Waals surface area contributed by atoms with E-state index in [2.05, 4.69) is 29.7 Å². The number of amides is 1. The van der Waals surface area contributed by atoms with Crippen molar-refractivity contribution in [2.45, 2.75) is 44.3 Å². The van der Waals surface area contributed by atoms with Crippen molar-refractivity contribution in [1.29, 1.82) is 0 Å². The van der Waals surface area contributed by atoms with E-state index in [0.29, 0.717) is 18.1 Å². The maximum absolute atomic E-state index is 12.5. The van der Waals surface area contributed by atoms with Crippen molar-refractivity contribution in [2.75, 3.05) is 0 Å². The van der Waals surface area contributed by atoms with Crippen molar-refractivity contribution in [2.24, 2.45) is 0 Å². The van der Waals surface area contributed by atoms with Crippen LogP contribution in [0.25, 0.3) is 10.4 Å². The molecule has 0 saturated carbocycles. The van der Waals surface area contributed by atoms with Crippen LogP contribution in [0.15, 0.2) is 36.4 Å². The molecule has 0 spiro atoms. The molecule has 22 heavy (non-hydrogen) atoms. The third kappa shape index (κ3) is 2.46. The molecule has 1 aromatic carbocycles. The zero-order valence-electron chi connectivity index (χ0n) is 12.6. The number of rotatable bonds is 3. The highest BCUT2D eigenvalue weighted by atomic mass is 32.1. The molecule has 2 aliphatic rings. The van der Waals surface area contributed by atoms with Crippen LogP contribution in [0.3, 0.4) is 0 Å². The van der Waals surface area contributed by atoms with Crippen LogP contribution in [0, 0.1) is 6.92 Å². The zero-order chi connectivity index (χ0) is 15.1. The lowest BCUT2D eigenvalue weighted by molar-refractivity contribution is 0.0935. The van der Waals surface area contributed by atoms with Gasteiger partial charge >= 0.3 is 0 Å². The van der Waals surface area contributed by atoms with Crippen molar-refractivity contribution in [3.8, 4) is 10.4 Å². The molecule has 4 rings (SSSR count). The summed E-state index contributed by atoms with van der Waals surface area (Å²) in [6, 6.07) is 13.7. The lowest BCUT2D eigenvalue weighted by Gasteiger charge is -2.20. The van der Waals surface area contributed by atoms with Gasteiger partial charge in [-0.25, -0.2) is 0 Å². The Balaban J connectivity index is 1.52. The minimum atomic E-state index is 0.0784. The third-order valence-corrected chi connectivity index (χ3v) is 6.08. The van der Waals surface area contributed by atoms with Gasteiger partial charge in [-0.2, -0.15) is 0 Å². The van der Waals surface area contributed by atoms with Gasteiger partial charge in [-0.05, 0) is 43.4 Å². The highest BCUT2D eigenvalue weighted by Gasteiger charge is 2.39. The second-order valence-electron chi connectivity index (χ2n) is 6.35. The fraction of sp³-hybridized carbons (Fsp3) is 0.389. The zero-order valence-corrected chi connectivity index (χ0v) is 13.5. The van der Waals surface area contributed by atoms with Gasteiger partial charge in [0.25, 0.3) is 5.91 Å². The number of thiophene rings is 1. The minimum Gasteiger partial charge on any atom is -0.347 e. The third-order valence-electron chi connectivity index (χ3n) is 4.79. The lowest BCUT2D eigenvalue weighted by Crippen LogP contribution is -2.42. The molecule has 114 valence electrons. The van der Waals surface area contributed by atoms with E-state index in [1.807, 2.05) is 24.3 Å². The Morgan fingerprint density at radius 2 is 2.09 bits per heavy atom. The number of carbonyl (C=O) groups is 1. The quantitative estimate of drug-likeness (QED) is 0.912. The predicted molar refractivity (Wildman–Crippen MR) is 90.3 cm³/mol. The first kappa shape index (κ1) is 14.0. The number of nitrogens with one attached hydrogen (secondary N) is 2. The number of fused-ring (bicyclic) bond motifs is 2. The van der Waals surface area contributed by atoms with Gasteiger partial charge in [-0.15, -0.1) is 11.3 Å². The van der Waals surface area contributed by atoms with Crippen molar-refractivity contribution in [3.05, 3.63) is 46.8 Å². The van der Waals surface area contributed by atoms with E-state index in [9.17, 15) is 4.79 Å². The molecule has 2 fully saturated rings. The Hall–Kier alpha value is -1.65.